The van der Waals surface area contributed by atoms with Gasteiger partial charge in [-0.05, 0) is 11.3 Å². The first-order valence-electron chi connectivity index (χ1n) is 2.74. The van der Waals surface area contributed by atoms with Crippen LogP contribution in [0.15, 0.2) is 11.1 Å². The number of hydrogen-bond acceptors (Lipinski definition) is 2. The van der Waals surface area contributed by atoms with Crippen molar-refractivity contribution >= 4 is 12.6 Å². The Morgan fingerprint density at radius 3 is 2.12 bits per heavy atom. The van der Waals surface area contributed by atoms with Gasteiger partial charge in [0.1, 0.15) is 0 Å². The molecule has 1 nitrogen and oxygen atoms in total. The average molecular weight is 131 g/mol. The third-order valence-electron chi connectivity index (χ3n) is 1.05. The maximum atomic E-state index is 4.01. The van der Waals surface area contributed by atoms with E-state index in [9.17, 15) is 0 Å². The van der Waals surface area contributed by atoms with E-state index in [1.54, 1.807) is 5.41 Å². The summed E-state index contributed by atoms with van der Waals surface area (Å²) in [5, 5.41) is 4.83. The van der Waals surface area contributed by atoms with E-state index in [0.717, 1.165) is 0 Å². The molecule has 0 aromatic carbocycles. The maximum Gasteiger partial charge on any atom is 0.0191 e. The van der Waals surface area contributed by atoms with E-state index < -0.39 is 0 Å². The van der Waals surface area contributed by atoms with Crippen LogP contribution in [0, 0.1) is 5.92 Å². The van der Waals surface area contributed by atoms with Crippen molar-refractivity contribution in [3.63, 3.8) is 0 Å². The van der Waals surface area contributed by atoms with Crippen LogP contribution in [0.5, 0.6) is 0 Å². The standard InChI is InChI=1S/C6H13NS/c1-5(2)6(4-8)7-3/h4-5,7-8H,1-3H3/b6-4-. The molecule has 0 aliphatic rings. The molecule has 0 aromatic heterocycles. The number of nitrogens with one attached hydrogen (secondary N) is 1. The van der Waals surface area contributed by atoms with E-state index in [1.807, 2.05) is 7.05 Å². The Labute approximate surface area is 56.6 Å². The summed E-state index contributed by atoms with van der Waals surface area (Å²) >= 11 is 4.01. The lowest BCUT2D eigenvalue weighted by molar-refractivity contribution is 0.702. The highest BCUT2D eigenvalue weighted by molar-refractivity contribution is 7.83. The van der Waals surface area contributed by atoms with Crippen LogP contribution in [0.4, 0.5) is 0 Å². The van der Waals surface area contributed by atoms with Crippen LogP contribution in [-0.2, 0) is 0 Å². The lowest BCUT2D eigenvalue weighted by Gasteiger charge is -2.07. The van der Waals surface area contributed by atoms with Crippen molar-refractivity contribution in [2.45, 2.75) is 13.8 Å². The van der Waals surface area contributed by atoms with E-state index in [0.29, 0.717) is 5.92 Å². The van der Waals surface area contributed by atoms with Gasteiger partial charge in [-0.3, -0.25) is 0 Å². The number of thiol groups is 1. The molecule has 0 atom stereocenters. The molecule has 0 spiro atoms. The SMILES string of the molecule is CN/C(=C\S)C(C)C. The second-order valence-electron chi connectivity index (χ2n) is 1.99. The van der Waals surface area contributed by atoms with Crippen LogP contribution in [0.25, 0.3) is 0 Å². The molecule has 1 N–H and O–H groups in total. The predicted octanol–water partition coefficient (Wildman–Crippen LogP) is 1.63. The number of hydrogen-bond donors (Lipinski definition) is 2. The summed E-state index contributed by atoms with van der Waals surface area (Å²) in [5.41, 5.74) is 1.17. The number of allylic oxidation sites excluding steroid dienone is 1. The molecule has 8 heavy (non-hydrogen) atoms. The highest BCUT2D eigenvalue weighted by atomic mass is 32.1. The minimum Gasteiger partial charge on any atom is -0.391 e. The van der Waals surface area contributed by atoms with Gasteiger partial charge >= 0.3 is 0 Å². The lowest BCUT2D eigenvalue weighted by Crippen LogP contribution is -2.10. The molecule has 2 heteroatoms. The van der Waals surface area contributed by atoms with Crippen molar-refractivity contribution < 1.29 is 0 Å². The first kappa shape index (κ1) is 7.89. The molecule has 0 saturated carbocycles. The summed E-state index contributed by atoms with van der Waals surface area (Å²) in [7, 11) is 1.90. The Morgan fingerprint density at radius 2 is 2.12 bits per heavy atom. The van der Waals surface area contributed by atoms with E-state index >= 15 is 0 Å². The van der Waals surface area contributed by atoms with Gasteiger partial charge in [0.05, 0.1) is 0 Å². The average Bonchev–Trinajstić information content (AvgIpc) is 1.69. The van der Waals surface area contributed by atoms with Crippen molar-refractivity contribution in [3.8, 4) is 0 Å². The van der Waals surface area contributed by atoms with Crippen molar-refractivity contribution in [3.05, 3.63) is 11.1 Å². The van der Waals surface area contributed by atoms with Gasteiger partial charge in [0.2, 0.25) is 0 Å². The molecule has 48 valence electrons. The van der Waals surface area contributed by atoms with Gasteiger partial charge in [0, 0.05) is 12.7 Å². The van der Waals surface area contributed by atoms with Gasteiger partial charge in [0.15, 0.2) is 0 Å². The summed E-state index contributed by atoms with van der Waals surface area (Å²) < 4.78 is 0. The molecule has 0 bridgehead atoms. The molecular formula is C6H13NS. The fourth-order valence-corrected chi connectivity index (χ4v) is 0.930. The Morgan fingerprint density at radius 1 is 1.62 bits per heavy atom. The quantitative estimate of drug-likeness (QED) is 0.543. The summed E-state index contributed by atoms with van der Waals surface area (Å²) in [6.45, 7) is 4.25. The minimum atomic E-state index is 0.553. The zero-order chi connectivity index (χ0) is 6.57. The lowest BCUT2D eigenvalue weighted by atomic mass is 10.2. The fraction of sp³-hybridized carbons (Fsp3) is 0.667. The van der Waals surface area contributed by atoms with Crippen LogP contribution in [-0.4, -0.2) is 7.05 Å². The monoisotopic (exact) mass is 131 g/mol. The zero-order valence-electron chi connectivity index (χ0n) is 5.60. The van der Waals surface area contributed by atoms with Gasteiger partial charge in [-0.25, -0.2) is 0 Å². The van der Waals surface area contributed by atoms with Gasteiger partial charge in [0.25, 0.3) is 0 Å². The maximum absolute atomic E-state index is 4.01. The van der Waals surface area contributed by atoms with Gasteiger partial charge in [-0.1, -0.05) is 13.8 Å². The Hall–Kier alpha value is -0.110. The molecule has 0 aliphatic heterocycles. The molecule has 0 aromatic rings. The smallest absolute Gasteiger partial charge is 0.0191 e. The van der Waals surface area contributed by atoms with Crippen molar-refractivity contribution in [2.75, 3.05) is 7.05 Å². The fourth-order valence-electron chi connectivity index (χ4n) is 0.502. The third kappa shape index (κ3) is 2.26. The normalized spacial score (nSPS) is 12.4. The van der Waals surface area contributed by atoms with Crippen LogP contribution in [0.2, 0.25) is 0 Å². The predicted molar refractivity (Wildman–Crippen MR) is 41.0 cm³/mol. The van der Waals surface area contributed by atoms with Crippen molar-refractivity contribution in [1.29, 1.82) is 0 Å². The van der Waals surface area contributed by atoms with Crippen LogP contribution in [0.3, 0.4) is 0 Å². The largest absolute Gasteiger partial charge is 0.391 e. The van der Waals surface area contributed by atoms with Gasteiger partial charge in [-0.15, -0.1) is 12.6 Å². The second-order valence-corrected chi connectivity index (χ2v) is 2.25. The van der Waals surface area contributed by atoms with Crippen LogP contribution < -0.4 is 5.32 Å². The highest BCUT2D eigenvalue weighted by Gasteiger charge is 1.95. The molecule has 0 amide bonds. The van der Waals surface area contributed by atoms with Crippen LogP contribution in [0.1, 0.15) is 13.8 Å². The Bertz CT molecular complexity index is 86.5. The minimum absolute atomic E-state index is 0.553. The van der Waals surface area contributed by atoms with E-state index in [4.69, 9.17) is 0 Å². The Balaban J connectivity index is 3.72. The second kappa shape index (κ2) is 3.84. The summed E-state index contributed by atoms with van der Waals surface area (Å²) in [4.78, 5) is 0. The van der Waals surface area contributed by atoms with E-state index in [-0.39, 0.29) is 0 Å². The summed E-state index contributed by atoms with van der Waals surface area (Å²) in [6.07, 6.45) is 0. The topological polar surface area (TPSA) is 12.0 Å². The van der Waals surface area contributed by atoms with Crippen molar-refractivity contribution in [2.24, 2.45) is 5.92 Å². The van der Waals surface area contributed by atoms with Gasteiger partial charge in [-0.2, -0.15) is 0 Å². The third-order valence-corrected chi connectivity index (χ3v) is 1.33. The molecule has 0 aliphatic carbocycles. The highest BCUT2D eigenvalue weighted by Crippen LogP contribution is 2.04. The molecule has 0 fully saturated rings. The molecular weight excluding hydrogens is 118 g/mol. The zero-order valence-corrected chi connectivity index (χ0v) is 6.50. The molecule has 0 unspecified atom stereocenters. The molecule has 0 heterocycles. The first-order valence-corrected chi connectivity index (χ1v) is 3.26. The van der Waals surface area contributed by atoms with Crippen molar-refractivity contribution in [1.82, 2.24) is 5.32 Å². The molecule has 0 saturated heterocycles. The first-order chi connectivity index (χ1) is 3.72. The summed E-state index contributed by atoms with van der Waals surface area (Å²) in [5.74, 6) is 0.553. The molecule has 0 radical (unpaired) electrons. The van der Waals surface area contributed by atoms with E-state index in [1.165, 1.54) is 5.70 Å². The number of rotatable bonds is 2. The van der Waals surface area contributed by atoms with E-state index in [2.05, 4.69) is 31.8 Å². The van der Waals surface area contributed by atoms with Crippen LogP contribution >= 0.6 is 12.6 Å². The molecule has 0 rings (SSSR count). The summed E-state index contributed by atoms with van der Waals surface area (Å²) in [6, 6.07) is 0. The Kier molecular flexibility index (Phi) is 3.79. The van der Waals surface area contributed by atoms with Gasteiger partial charge < -0.3 is 5.32 Å².